The van der Waals surface area contributed by atoms with Crippen molar-refractivity contribution < 1.29 is 9.18 Å². The van der Waals surface area contributed by atoms with E-state index in [-0.39, 0.29) is 17.0 Å². The van der Waals surface area contributed by atoms with Gasteiger partial charge in [-0.2, -0.15) is 10.1 Å². The Morgan fingerprint density at radius 1 is 1.52 bits per heavy atom. The number of nitrogens with one attached hydrogen (secondary N) is 2. The summed E-state index contributed by atoms with van der Waals surface area (Å²) in [6.45, 7) is 7.61. The molecule has 0 spiro atoms. The third kappa shape index (κ3) is 4.12. The highest BCUT2D eigenvalue weighted by atomic mass is 32.2. The van der Waals surface area contributed by atoms with E-state index in [2.05, 4.69) is 31.9 Å². The molecule has 152 valence electrons. The zero-order chi connectivity index (χ0) is 20.4. The van der Waals surface area contributed by atoms with Gasteiger partial charge in [-0.1, -0.05) is 6.58 Å². The number of aromatic nitrogens is 5. The van der Waals surface area contributed by atoms with Crippen LogP contribution in [0.2, 0.25) is 0 Å². The third-order valence-corrected chi connectivity index (χ3v) is 6.03. The summed E-state index contributed by atoms with van der Waals surface area (Å²) in [5.74, 6) is 0.497. The van der Waals surface area contributed by atoms with Crippen LogP contribution in [0.5, 0.6) is 0 Å². The van der Waals surface area contributed by atoms with Gasteiger partial charge in [-0.05, 0) is 25.8 Å². The van der Waals surface area contributed by atoms with Gasteiger partial charge < -0.3 is 15.2 Å². The fourth-order valence-electron chi connectivity index (χ4n) is 3.35. The Labute approximate surface area is 171 Å². The molecule has 2 N–H and O–H groups in total. The zero-order valence-corrected chi connectivity index (χ0v) is 16.9. The number of hydrogen-bond donors (Lipinski definition) is 2. The average Bonchev–Trinajstić information content (AvgIpc) is 3.34. The summed E-state index contributed by atoms with van der Waals surface area (Å²) in [6.07, 6.45) is 6.29. The number of fused-ring (bicyclic) bond motifs is 1. The van der Waals surface area contributed by atoms with Gasteiger partial charge in [0.05, 0.1) is 5.39 Å². The molecule has 8 nitrogen and oxygen atoms in total. The van der Waals surface area contributed by atoms with Crippen LogP contribution >= 0.6 is 11.8 Å². The maximum absolute atomic E-state index is 14.4. The van der Waals surface area contributed by atoms with Crippen LogP contribution in [0, 0.1) is 5.82 Å². The number of carbonyl (C=O) groups excluding carboxylic acids is 1. The SMILES string of the molecule is C=CC(=O)N1CCC[C@@H](Sc2nc(Nc3ccn(CC)n3)nc3[nH]cc(F)c23)C1. The minimum absolute atomic E-state index is 0.0789. The molecule has 3 aromatic heterocycles. The van der Waals surface area contributed by atoms with Crippen LogP contribution < -0.4 is 5.32 Å². The van der Waals surface area contributed by atoms with Gasteiger partial charge in [-0.3, -0.25) is 9.48 Å². The number of piperidine rings is 1. The second-order valence-electron chi connectivity index (χ2n) is 6.76. The highest BCUT2D eigenvalue weighted by Gasteiger charge is 2.25. The molecular formula is C19H22FN7OS. The van der Waals surface area contributed by atoms with Crippen molar-refractivity contribution >= 4 is 40.5 Å². The summed E-state index contributed by atoms with van der Waals surface area (Å²) >= 11 is 1.47. The van der Waals surface area contributed by atoms with E-state index < -0.39 is 0 Å². The van der Waals surface area contributed by atoms with E-state index in [4.69, 9.17) is 0 Å². The lowest BCUT2D eigenvalue weighted by Gasteiger charge is -2.31. The Balaban J connectivity index is 1.61. The molecule has 1 aliphatic heterocycles. The topological polar surface area (TPSA) is 91.7 Å². The number of anilines is 2. The molecule has 0 aliphatic carbocycles. The molecule has 4 rings (SSSR count). The Hall–Kier alpha value is -2.88. The van der Waals surface area contributed by atoms with Crippen molar-refractivity contribution in [3.63, 3.8) is 0 Å². The Bertz CT molecular complexity index is 1050. The molecule has 0 unspecified atom stereocenters. The van der Waals surface area contributed by atoms with E-state index in [9.17, 15) is 9.18 Å². The Morgan fingerprint density at radius 3 is 3.14 bits per heavy atom. The Kier molecular flexibility index (Phi) is 5.52. The lowest BCUT2D eigenvalue weighted by Crippen LogP contribution is -2.40. The number of carbonyl (C=O) groups is 1. The Morgan fingerprint density at radius 2 is 2.38 bits per heavy atom. The number of aromatic amines is 1. The van der Waals surface area contributed by atoms with Crippen LogP contribution in [-0.4, -0.2) is 53.9 Å². The standard InChI is InChI=1S/C19H22FN7OS/c1-3-15(28)26-8-5-6-12(11-26)29-18-16-13(20)10-21-17(16)23-19(24-18)22-14-7-9-27(4-2)25-14/h3,7,9-10,12H,1,4-6,8,11H2,2H3,(H2,21,22,23,24,25)/t12-/m1/s1. The molecule has 0 aromatic carbocycles. The second-order valence-corrected chi connectivity index (χ2v) is 8.05. The largest absolute Gasteiger partial charge is 0.343 e. The van der Waals surface area contributed by atoms with Gasteiger partial charge in [0.1, 0.15) is 10.7 Å². The monoisotopic (exact) mass is 415 g/mol. The summed E-state index contributed by atoms with van der Waals surface area (Å²) in [7, 11) is 0. The first kappa shape index (κ1) is 19.4. The molecule has 1 saturated heterocycles. The molecule has 29 heavy (non-hydrogen) atoms. The first-order valence-corrected chi connectivity index (χ1v) is 10.4. The number of aryl methyl sites for hydroxylation is 1. The van der Waals surface area contributed by atoms with Gasteiger partial charge in [0.25, 0.3) is 0 Å². The molecule has 0 bridgehead atoms. The normalized spacial score (nSPS) is 16.9. The van der Waals surface area contributed by atoms with E-state index in [0.29, 0.717) is 40.9 Å². The predicted molar refractivity (Wildman–Crippen MR) is 111 cm³/mol. The summed E-state index contributed by atoms with van der Waals surface area (Å²) < 4.78 is 16.2. The number of thioether (sulfide) groups is 1. The molecule has 4 heterocycles. The number of hydrogen-bond acceptors (Lipinski definition) is 6. The summed E-state index contributed by atoms with van der Waals surface area (Å²) in [4.78, 5) is 25.5. The maximum atomic E-state index is 14.4. The number of amides is 1. The zero-order valence-electron chi connectivity index (χ0n) is 16.1. The van der Waals surface area contributed by atoms with Gasteiger partial charge in [-0.15, -0.1) is 11.8 Å². The number of halogens is 1. The molecule has 3 aromatic rings. The predicted octanol–water partition coefficient (Wildman–Crippen LogP) is 3.33. The molecule has 1 aliphatic rings. The fourth-order valence-corrected chi connectivity index (χ4v) is 4.65. The van der Waals surface area contributed by atoms with E-state index in [1.165, 1.54) is 24.0 Å². The molecule has 0 saturated carbocycles. The molecule has 1 atom stereocenters. The number of nitrogens with zero attached hydrogens (tertiary/aromatic N) is 5. The van der Waals surface area contributed by atoms with Crippen LogP contribution in [-0.2, 0) is 11.3 Å². The molecule has 1 fully saturated rings. The average molecular weight is 415 g/mol. The van der Waals surface area contributed by atoms with Crippen molar-refractivity contribution in [2.45, 2.75) is 36.6 Å². The van der Waals surface area contributed by atoms with Crippen LogP contribution in [0.3, 0.4) is 0 Å². The van der Waals surface area contributed by atoms with Gasteiger partial charge in [0, 0.05) is 43.3 Å². The minimum Gasteiger partial charge on any atom is -0.343 e. The second kappa shape index (κ2) is 8.24. The van der Waals surface area contributed by atoms with Crippen LogP contribution in [0.15, 0.2) is 36.1 Å². The van der Waals surface area contributed by atoms with E-state index in [0.717, 1.165) is 19.4 Å². The van der Waals surface area contributed by atoms with E-state index >= 15 is 0 Å². The van der Waals surface area contributed by atoms with Crippen molar-refractivity contribution in [1.82, 2.24) is 29.6 Å². The minimum atomic E-state index is -0.390. The van der Waals surface area contributed by atoms with Gasteiger partial charge in [0.2, 0.25) is 11.9 Å². The maximum Gasteiger partial charge on any atom is 0.245 e. The highest BCUT2D eigenvalue weighted by Crippen LogP contribution is 2.34. The van der Waals surface area contributed by atoms with E-state index in [1.807, 2.05) is 19.2 Å². The van der Waals surface area contributed by atoms with Crippen LogP contribution in [0.4, 0.5) is 16.2 Å². The fraction of sp³-hybridized carbons (Fsp3) is 0.368. The van der Waals surface area contributed by atoms with Crippen molar-refractivity contribution in [3.8, 4) is 0 Å². The van der Waals surface area contributed by atoms with E-state index in [1.54, 1.807) is 9.58 Å². The quantitative estimate of drug-likeness (QED) is 0.474. The van der Waals surface area contributed by atoms with Crippen LogP contribution in [0.25, 0.3) is 11.0 Å². The molecule has 0 radical (unpaired) electrons. The smallest absolute Gasteiger partial charge is 0.245 e. The first-order chi connectivity index (χ1) is 14.1. The molecule has 10 heteroatoms. The van der Waals surface area contributed by atoms with Crippen molar-refractivity contribution in [2.24, 2.45) is 0 Å². The van der Waals surface area contributed by atoms with Gasteiger partial charge in [0.15, 0.2) is 11.6 Å². The van der Waals surface area contributed by atoms with Gasteiger partial charge in [-0.25, -0.2) is 9.37 Å². The van der Waals surface area contributed by atoms with Crippen molar-refractivity contribution in [2.75, 3.05) is 18.4 Å². The third-order valence-electron chi connectivity index (χ3n) is 4.80. The van der Waals surface area contributed by atoms with Crippen molar-refractivity contribution in [3.05, 3.63) is 36.9 Å². The highest BCUT2D eigenvalue weighted by molar-refractivity contribution is 8.00. The summed E-state index contributed by atoms with van der Waals surface area (Å²) in [5.41, 5.74) is 0.423. The van der Waals surface area contributed by atoms with Crippen LogP contribution in [0.1, 0.15) is 19.8 Å². The van der Waals surface area contributed by atoms with Crippen molar-refractivity contribution in [1.29, 1.82) is 0 Å². The number of rotatable bonds is 6. The summed E-state index contributed by atoms with van der Waals surface area (Å²) in [5, 5.41) is 8.49. The lowest BCUT2D eigenvalue weighted by atomic mass is 10.1. The molecule has 1 amide bonds. The molecular weight excluding hydrogens is 393 g/mol. The lowest BCUT2D eigenvalue weighted by molar-refractivity contribution is -0.126. The first-order valence-electron chi connectivity index (χ1n) is 9.50. The summed E-state index contributed by atoms with van der Waals surface area (Å²) in [6, 6.07) is 1.83. The number of H-pyrrole nitrogens is 1. The van der Waals surface area contributed by atoms with Gasteiger partial charge >= 0.3 is 0 Å². The number of likely N-dealkylation sites (tertiary alicyclic amines) is 1.